The highest BCUT2D eigenvalue weighted by Crippen LogP contribution is 2.30. The SMILES string of the molecule is CCC(C)NCC(C)N1CCC(C)(C)CC1. The largest absolute Gasteiger partial charge is 0.313 e. The summed E-state index contributed by atoms with van der Waals surface area (Å²) < 4.78 is 0. The van der Waals surface area contributed by atoms with Crippen molar-refractivity contribution >= 4 is 0 Å². The molecule has 0 saturated carbocycles. The van der Waals surface area contributed by atoms with Crippen LogP contribution in [0.1, 0.15) is 53.9 Å². The molecule has 1 aliphatic rings. The lowest BCUT2D eigenvalue weighted by atomic mass is 9.82. The Kier molecular flexibility index (Phi) is 5.26. The van der Waals surface area contributed by atoms with Crippen LogP contribution in [0.25, 0.3) is 0 Å². The van der Waals surface area contributed by atoms with Gasteiger partial charge in [0.2, 0.25) is 0 Å². The van der Waals surface area contributed by atoms with E-state index in [1.165, 1.54) is 32.4 Å². The Balaban J connectivity index is 2.25. The van der Waals surface area contributed by atoms with Crippen LogP contribution in [0.15, 0.2) is 0 Å². The van der Waals surface area contributed by atoms with Gasteiger partial charge < -0.3 is 5.32 Å². The van der Waals surface area contributed by atoms with Crippen molar-refractivity contribution in [1.82, 2.24) is 10.2 Å². The van der Waals surface area contributed by atoms with Crippen molar-refractivity contribution < 1.29 is 0 Å². The summed E-state index contributed by atoms with van der Waals surface area (Å²) in [5, 5.41) is 3.61. The fraction of sp³-hybridized carbons (Fsp3) is 1.00. The maximum Gasteiger partial charge on any atom is 0.0192 e. The molecule has 0 bridgehead atoms. The quantitative estimate of drug-likeness (QED) is 0.775. The van der Waals surface area contributed by atoms with E-state index in [0.717, 1.165) is 6.54 Å². The van der Waals surface area contributed by atoms with E-state index in [2.05, 4.69) is 44.8 Å². The van der Waals surface area contributed by atoms with Crippen LogP contribution in [-0.2, 0) is 0 Å². The Labute approximate surface area is 102 Å². The summed E-state index contributed by atoms with van der Waals surface area (Å²) in [6, 6.07) is 1.34. The highest BCUT2D eigenvalue weighted by molar-refractivity contribution is 4.82. The number of rotatable bonds is 5. The second-order valence-electron chi connectivity index (χ2n) is 6.27. The van der Waals surface area contributed by atoms with Crippen molar-refractivity contribution in [2.45, 2.75) is 66.0 Å². The third-order valence-corrected chi connectivity index (χ3v) is 4.15. The zero-order valence-electron chi connectivity index (χ0n) is 11.8. The number of likely N-dealkylation sites (tertiary alicyclic amines) is 1. The van der Waals surface area contributed by atoms with Crippen LogP contribution in [0, 0.1) is 5.41 Å². The van der Waals surface area contributed by atoms with Crippen molar-refractivity contribution in [3.05, 3.63) is 0 Å². The number of hydrogen-bond donors (Lipinski definition) is 1. The first kappa shape index (κ1) is 14.0. The van der Waals surface area contributed by atoms with Crippen LogP contribution < -0.4 is 5.32 Å². The molecule has 2 nitrogen and oxygen atoms in total. The lowest BCUT2D eigenvalue weighted by molar-refractivity contribution is 0.0987. The van der Waals surface area contributed by atoms with Gasteiger partial charge in [-0.25, -0.2) is 0 Å². The molecular weight excluding hydrogens is 196 g/mol. The average molecular weight is 226 g/mol. The number of piperidine rings is 1. The third kappa shape index (κ3) is 4.42. The number of hydrogen-bond acceptors (Lipinski definition) is 2. The van der Waals surface area contributed by atoms with E-state index in [0.29, 0.717) is 17.5 Å². The van der Waals surface area contributed by atoms with E-state index in [1.807, 2.05) is 0 Å². The lowest BCUT2D eigenvalue weighted by Crippen LogP contribution is -2.47. The third-order valence-electron chi connectivity index (χ3n) is 4.15. The molecule has 1 heterocycles. The molecular formula is C14H30N2. The van der Waals surface area contributed by atoms with E-state index in [9.17, 15) is 0 Å². The average Bonchev–Trinajstić information content (AvgIpc) is 2.25. The fourth-order valence-corrected chi connectivity index (χ4v) is 2.22. The zero-order chi connectivity index (χ0) is 12.2. The number of nitrogens with zero attached hydrogens (tertiary/aromatic N) is 1. The second kappa shape index (κ2) is 6.02. The summed E-state index contributed by atoms with van der Waals surface area (Å²) in [4.78, 5) is 2.64. The van der Waals surface area contributed by atoms with Crippen LogP contribution in [0.2, 0.25) is 0 Å². The fourth-order valence-electron chi connectivity index (χ4n) is 2.22. The summed E-state index contributed by atoms with van der Waals surface area (Å²) in [5.41, 5.74) is 0.570. The van der Waals surface area contributed by atoms with Crippen LogP contribution in [-0.4, -0.2) is 36.6 Å². The summed E-state index contributed by atoms with van der Waals surface area (Å²) in [5.74, 6) is 0. The standard InChI is InChI=1S/C14H30N2/c1-6-12(2)15-11-13(3)16-9-7-14(4,5)8-10-16/h12-13,15H,6-11H2,1-5H3. The van der Waals surface area contributed by atoms with Gasteiger partial charge in [0.25, 0.3) is 0 Å². The Morgan fingerprint density at radius 1 is 1.19 bits per heavy atom. The van der Waals surface area contributed by atoms with Gasteiger partial charge in [0.1, 0.15) is 0 Å². The molecule has 1 aliphatic heterocycles. The minimum absolute atomic E-state index is 0.570. The molecule has 16 heavy (non-hydrogen) atoms. The highest BCUT2D eigenvalue weighted by atomic mass is 15.2. The van der Waals surface area contributed by atoms with Crippen LogP contribution in [0.5, 0.6) is 0 Å². The van der Waals surface area contributed by atoms with Gasteiger partial charge in [0.15, 0.2) is 0 Å². The monoisotopic (exact) mass is 226 g/mol. The van der Waals surface area contributed by atoms with Gasteiger partial charge in [-0.1, -0.05) is 20.8 Å². The highest BCUT2D eigenvalue weighted by Gasteiger charge is 2.27. The maximum absolute atomic E-state index is 3.61. The number of nitrogens with one attached hydrogen (secondary N) is 1. The lowest BCUT2D eigenvalue weighted by Gasteiger charge is -2.40. The molecule has 0 amide bonds. The topological polar surface area (TPSA) is 15.3 Å². The first-order chi connectivity index (χ1) is 7.44. The molecule has 2 unspecified atom stereocenters. The predicted molar refractivity (Wildman–Crippen MR) is 71.8 cm³/mol. The van der Waals surface area contributed by atoms with Crippen molar-refractivity contribution in [2.75, 3.05) is 19.6 Å². The molecule has 0 spiro atoms. The minimum Gasteiger partial charge on any atom is -0.313 e. The van der Waals surface area contributed by atoms with Crippen molar-refractivity contribution in [3.8, 4) is 0 Å². The zero-order valence-corrected chi connectivity index (χ0v) is 11.8. The molecule has 1 fully saturated rings. The molecule has 1 N–H and O–H groups in total. The van der Waals surface area contributed by atoms with E-state index >= 15 is 0 Å². The molecule has 1 rings (SSSR count). The molecule has 0 aromatic carbocycles. The summed E-state index contributed by atoms with van der Waals surface area (Å²) in [6.07, 6.45) is 3.92. The maximum atomic E-state index is 3.61. The smallest absolute Gasteiger partial charge is 0.0192 e. The Morgan fingerprint density at radius 3 is 2.25 bits per heavy atom. The van der Waals surface area contributed by atoms with Crippen LogP contribution >= 0.6 is 0 Å². The molecule has 0 aromatic rings. The summed E-state index contributed by atoms with van der Waals surface area (Å²) in [6.45, 7) is 15.3. The molecule has 96 valence electrons. The first-order valence-electron chi connectivity index (χ1n) is 6.92. The van der Waals surface area contributed by atoms with Crippen LogP contribution in [0.4, 0.5) is 0 Å². The van der Waals surface area contributed by atoms with E-state index < -0.39 is 0 Å². The van der Waals surface area contributed by atoms with Gasteiger partial charge >= 0.3 is 0 Å². The molecule has 2 heteroatoms. The normalized spacial score (nSPS) is 25.3. The molecule has 0 radical (unpaired) electrons. The summed E-state index contributed by atoms with van der Waals surface area (Å²) >= 11 is 0. The van der Waals surface area contributed by atoms with E-state index in [4.69, 9.17) is 0 Å². The predicted octanol–water partition coefficient (Wildman–Crippen LogP) is 2.89. The first-order valence-corrected chi connectivity index (χ1v) is 6.92. The van der Waals surface area contributed by atoms with Crippen LogP contribution in [0.3, 0.4) is 0 Å². The van der Waals surface area contributed by atoms with Crippen molar-refractivity contribution in [2.24, 2.45) is 5.41 Å². The molecule has 0 aromatic heterocycles. The van der Waals surface area contributed by atoms with Crippen molar-refractivity contribution in [1.29, 1.82) is 0 Å². The molecule has 0 aliphatic carbocycles. The van der Waals surface area contributed by atoms with Crippen molar-refractivity contribution in [3.63, 3.8) is 0 Å². The van der Waals surface area contributed by atoms with Gasteiger partial charge in [-0.3, -0.25) is 4.90 Å². The Bertz CT molecular complexity index is 191. The van der Waals surface area contributed by atoms with Gasteiger partial charge in [-0.05, 0) is 51.6 Å². The van der Waals surface area contributed by atoms with Gasteiger partial charge in [0, 0.05) is 18.6 Å². The van der Waals surface area contributed by atoms with E-state index in [-0.39, 0.29) is 0 Å². The van der Waals surface area contributed by atoms with Gasteiger partial charge in [0.05, 0.1) is 0 Å². The van der Waals surface area contributed by atoms with E-state index in [1.54, 1.807) is 0 Å². The Hall–Kier alpha value is -0.0800. The minimum atomic E-state index is 0.570. The second-order valence-corrected chi connectivity index (χ2v) is 6.27. The van der Waals surface area contributed by atoms with Gasteiger partial charge in [-0.15, -0.1) is 0 Å². The molecule has 1 saturated heterocycles. The summed E-state index contributed by atoms with van der Waals surface area (Å²) in [7, 11) is 0. The van der Waals surface area contributed by atoms with Gasteiger partial charge in [-0.2, -0.15) is 0 Å². The Morgan fingerprint density at radius 2 is 1.75 bits per heavy atom. The molecule has 2 atom stereocenters.